The molecule has 0 saturated carbocycles. The number of rotatable bonds is 8. The summed E-state index contributed by atoms with van der Waals surface area (Å²) in [5.41, 5.74) is 0. The fourth-order valence-corrected chi connectivity index (χ4v) is 2.17. The number of hydrogen-bond donors (Lipinski definition) is 0. The molecule has 0 aliphatic carbocycles. The van der Waals surface area contributed by atoms with E-state index in [1.165, 1.54) is 0 Å². The van der Waals surface area contributed by atoms with Gasteiger partial charge in [-0.2, -0.15) is 0 Å². The summed E-state index contributed by atoms with van der Waals surface area (Å²) < 4.78 is 16.3. The molecular formula is C9H20O3Si. The van der Waals surface area contributed by atoms with E-state index in [0.717, 1.165) is 6.42 Å². The molecule has 3 nitrogen and oxygen atoms in total. The van der Waals surface area contributed by atoms with Crippen molar-refractivity contribution in [2.75, 3.05) is 13.2 Å². The molecule has 0 fully saturated rings. The van der Waals surface area contributed by atoms with Crippen molar-refractivity contribution >= 4 is 9.53 Å². The zero-order valence-electron chi connectivity index (χ0n) is 8.79. The summed E-state index contributed by atoms with van der Waals surface area (Å²) in [6.07, 6.45) is 2.82. The molecule has 0 radical (unpaired) electrons. The first-order chi connectivity index (χ1) is 6.24. The normalized spacial score (nSPS) is 13.2. The zero-order chi connectivity index (χ0) is 10.1. The molecule has 0 heterocycles. The molecule has 0 aromatic heterocycles. The molecule has 1 unspecified atom stereocenters. The second-order valence-corrected chi connectivity index (χ2v) is 4.19. The molecule has 0 aliphatic rings. The van der Waals surface area contributed by atoms with Crippen LogP contribution in [0.2, 0.25) is 0 Å². The molecule has 13 heavy (non-hydrogen) atoms. The van der Waals surface area contributed by atoms with Gasteiger partial charge in [0.05, 0.1) is 0 Å². The van der Waals surface area contributed by atoms with Crippen LogP contribution in [0.4, 0.5) is 0 Å². The van der Waals surface area contributed by atoms with E-state index in [0.29, 0.717) is 13.2 Å². The minimum absolute atomic E-state index is 0.146. The van der Waals surface area contributed by atoms with Gasteiger partial charge in [0.25, 0.3) is 0 Å². The van der Waals surface area contributed by atoms with Gasteiger partial charge in [0.1, 0.15) is 0 Å². The van der Waals surface area contributed by atoms with Gasteiger partial charge in [-0.1, -0.05) is 6.08 Å². The summed E-state index contributed by atoms with van der Waals surface area (Å²) in [4.78, 5) is 0. The van der Waals surface area contributed by atoms with Gasteiger partial charge in [-0.3, -0.25) is 0 Å². The van der Waals surface area contributed by atoms with Crippen LogP contribution in [-0.4, -0.2) is 28.8 Å². The maximum atomic E-state index is 5.59. The van der Waals surface area contributed by atoms with Gasteiger partial charge in [0, 0.05) is 19.3 Å². The van der Waals surface area contributed by atoms with E-state index < -0.39 is 9.53 Å². The molecule has 0 rings (SSSR count). The summed E-state index contributed by atoms with van der Waals surface area (Å²) in [6, 6.07) is 0. The van der Waals surface area contributed by atoms with Gasteiger partial charge in [0.2, 0.25) is 0 Å². The van der Waals surface area contributed by atoms with Gasteiger partial charge in [-0.15, -0.1) is 6.58 Å². The lowest BCUT2D eigenvalue weighted by atomic mass is 10.3. The maximum Gasteiger partial charge on any atom is 0.484 e. The summed E-state index contributed by atoms with van der Waals surface area (Å²) in [5.74, 6) is 0. The average Bonchev–Trinajstić information content (AvgIpc) is 2.05. The largest absolute Gasteiger partial charge is 0.484 e. The Morgan fingerprint density at radius 1 is 1.31 bits per heavy atom. The first-order valence-corrected chi connectivity index (χ1v) is 6.15. The lowest BCUT2D eigenvalue weighted by molar-refractivity contribution is 0.0714. The first kappa shape index (κ1) is 12.8. The van der Waals surface area contributed by atoms with Crippen LogP contribution in [0.5, 0.6) is 0 Å². The Morgan fingerprint density at radius 3 is 2.23 bits per heavy atom. The summed E-state index contributed by atoms with van der Waals surface area (Å²) in [5, 5.41) is 0. The Morgan fingerprint density at radius 2 is 1.85 bits per heavy atom. The Kier molecular flexibility index (Phi) is 8.33. The summed E-state index contributed by atoms with van der Waals surface area (Å²) in [7, 11) is -1.87. The summed E-state index contributed by atoms with van der Waals surface area (Å²) >= 11 is 0. The predicted octanol–water partition coefficient (Wildman–Crippen LogP) is 1.76. The SMILES string of the molecule is C=CCC(C)O[SiH](OCC)OCC. The second kappa shape index (κ2) is 8.44. The van der Waals surface area contributed by atoms with Crippen LogP contribution < -0.4 is 0 Å². The maximum absolute atomic E-state index is 5.59. The smallest absolute Gasteiger partial charge is 0.376 e. The van der Waals surface area contributed by atoms with Crippen LogP contribution in [0.3, 0.4) is 0 Å². The highest BCUT2D eigenvalue weighted by molar-refractivity contribution is 6.36. The highest BCUT2D eigenvalue weighted by atomic mass is 28.3. The second-order valence-electron chi connectivity index (χ2n) is 2.67. The highest BCUT2D eigenvalue weighted by Crippen LogP contribution is 2.02. The molecular weight excluding hydrogens is 184 g/mol. The standard InChI is InChI=1S/C9H20O3Si/c1-5-8-9(4)12-13(10-6-2)11-7-3/h5,9,13H,1,6-8H2,2-4H3. The van der Waals surface area contributed by atoms with Crippen LogP contribution in [0, 0.1) is 0 Å². The monoisotopic (exact) mass is 204 g/mol. The van der Waals surface area contributed by atoms with Crippen molar-refractivity contribution in [3.8, 4) is 0 Å². The molecule has 0 aliphatic heterocycles. The molecule has 1 atom stereocenters. The minimum atomic E-state index is -1.87. The average molecular weight is 204 g/mol. The van der Waals surface area contributed by atoms with Gasteiger partial charge in [-0.05, 0) is 27.2 Å². The van der Waals surface area contributed by atoms with E-state index >= 15 is 0 Å². The molecule has 0 aromatic rings. The molecule has 0 spiro atoms. The fraction of sp³-hybridized carbons (Fsp3) is 0.778. The molecule has 0 N–H and O–H groups in total. The van der Waals surface area contributed by atoms with Crippen LogP contribution in [0.1, 0.15) is 27.2 Å². The van der Waals surface area contributed by atoms with Gasteiger partial charge in [-0.25, -0.2) is 0 Å². The lowest BCUT2D eigenvalue weighted by Gasteiger charge is -2.18. The minimum Gasteiger partial charge on any atom is -0.376 e. The topological polar surface area (TPSA) is 27.7 Å². The predicted molar refractivity (Wildman–Crippen MR) is 55.8 cm³/mol. The zero-order valence-corrected chi connectivity index (χ0v) is 9.94. The van der Waals surface area contributed by atoms with Crippen molar-refractivity contribution in [2.45, 2.75) is 33.3 Å². The van der Waals surface area contributed by atoms with Crippen LogP contribution in [0.15, 0.2) is 12.7 Å². The van der Waals surface area contributed by atoms with Crippen molar-refractivity contribution < 1.29 is 13.3 Å². The molecule has 78 valence electrons. The van der Waals surface area contributed by atoms with Crippen molar-refractivity contribution in [2.24, 2.45) is 0 Å². The van der Waals surface area contributed by atoms with Crippen molar-refractivity contribution in [1.29, 1.82) is 0 Å². The van der Waals surface area contributed by atoms with E-state index in [4.69, 9.17) is 13.3 Å². The molecule has 0 bridgehead atoms. The van der Waals surface area contributed by atoms with E-state index in [1.807, 2.05) is 26.8 Å². The Bertz CT molecular complexity index is 124. The van der Waals surface area contributed by atoms with Crippen LogP contribution in [-0.2, 0) is 13.3 Å². The number of hydrogen-bond acceptors (Lipinski definition) is 3. The Labute approximate surface area is 82.7 Å². The van der Waals surface area contributed by atoms with Crippen molar-refractivity contribution in [3.05, 3.63) is 12.7 Å². The quantitative estimate of drug-likeness (QED) is 0.445. The van der Waals surface area contributed by atoms with E-state index in [1.54, 1.807) is 0 Å². The lowest BCUT2D eigenvalue weighted by Crippen LogP contribution is -2.31. The van der Waals surface area contributed by atoms with E-state index in [9.17, 15) is 0 Å². The van der Waals surface area contributed by atoms with Gasteiger partial charge >= 0.3 is 9.53 Å². The third kappa shape index (κ3) is 6.95. The third-order valence-electron chi connectivity index (χ3n) is 1.45. The molecule has 0 amide bonds. The van der Waals surface area contributed by atoms with Crippen molar-refractivity contribution in [1.82, 2.24) is 0 Å². The first-order valence-electron chi connectivity index (χ1n) is 4.74. The Hall–Kier alpha value is -0.163. The van der Waals surface area contributed by atoms with Gasteiger partial charge < -0.3 is 13.3 Å². The Balaban J connectivity index is 3.70. The fourth-order valence-electron chi connectivity index (χ4n) is 0.879. The molecule has 0 aromatic carbocycles. The molecule has 0 saturated heterocycles. The van der Waals surface area contributed by atoms with Crippen LogP contribution >= 0.6 is 0 Å². The highest BCUT2D eigenvalue weighted by Gasteiger charge is 2.16. The third-order valence-corrected chi connectivity index (χ3v) is 3.35. The van der Waals surface area contributed by atoms with E-state index in [2.05, 4.69) is 6.58 Å². The van der Waals surface area contributed by atoms with Crippen molar-refractivity contribution in [3.63, 3.8) is 0 Å². The van der Waals surface area contributed by atoms with Crippen LogP contribution in [0.25, 0.3) is 0 Å². The summed E-state index contributed by atoms with van der Waals surface area (Å²) in [6.45, 7) is 10.8. The van der Waals surface area contributed by atoms with Gasteiger partial charge in [0.15, 0.2) is 0 Å². The molecule has 4 heteroatoms. The van der Waals surface area contributed by atoms with E-state index in [-0.39, 0.29) is 6.10 Å².